The fourth-order valence-electron chi connectivity index (χ4n) is 0.841. The van der Waals surface area contributed by atoms with E-state index in [0.717, 1.165) is 5.56 Å². The molecule has 0 amide bonds. The monoisotopic (exact) mass is 191 g/mol. The van der Waals surface area contributed by atoms with Crippen molar-refractivity contribution in [1.29, 1.82) is 0 Å². The van der Waals surface area contributed by atoms with Crippen LogP contribution in [-0.2, 0) is 0 Å². The molecule has 0 radical (unpaired) electrons. The third-order valence-electron chi connectivity index (χ3n) is 1.49. The second-order valence-corrected chi connectivity index (χ2v) is 3.10. The molecule has 1 aromatic rings. The van der Waals surface area contributed by atoms with Crippen LogP contribution in [0.1, 0.15) is 11.1 Å². The molecule has 0 aliphatic heterocycles. The molecule has 0 aromatic carbocycles. The topological polar surface area (TPSA) is 26.9 Å². The Kier molecular flexibility index (Phi) is 2.25. The lowest BCUT2D eigenvalue weighted by Crippen LogP contribution is -2.28. The van der Waals surface area contributed by atoms with Crippen LogP contribution in [0.5, 0.6) is 0 Å². The Balaban J connectivity index is 3.46. The molecule has 1 rings (SSSR count). The Morgan fingerprint density at radius 3 is 2.45 bits per heavy atom. The summed E-state index contributed by atoms with van der Waals surface area (Å²) >= 11 is 11.4. The van der Waals surface area contributed by atoms with E-state index in [0.29, 0.717) is 15.3 Å². The molecule has 0 bridgehead atoms. The maximum atomic E-state index is 10.9. The van der Waals surface area contributed by atoms with Crippen LogP contribution in [0.2, 0.25) is 10.2 Å². The van der Waals surface area contributed by atoms with Crippen LogP contribution >= 0.6 is 23.2 Å². The molecule has 0 atom stereocenters. The molecule has 0 saturated carbocycles. The van der Waals surface area contributed by atoms with Crippen LogP contribution in [-0.4, -0.2) is 0 Å². The first-order chi connectivity index (χ1) is 5.04. The number of rotatable bonds is 0. The first-order valence-corrected chi connectivity index (χ1v) is 3.84. The van der Waals surface area contributed by atoms with Crippen LogP contribution in [0, 0.1) is 19.1 Å². The molecule has 1 heterocycles. The molecule has 60 valence electrons. The molecule has 0 fully saturated rings. The lowest BCUT2D eigenvalue weighted by Gasteiger charge is -2.04. The number of hydrogen-bond donors (Lipinski definition) is 0. The Bertz CT molecular complexity index is 273. The Labute approximate surface area is 74.9 Å². The molecule has 1 aromatic heterocycles. The number of hydrogen-bond acceptors (Lipinski definition) is 1. The molecule has 11 heavy (non-hydrogen) atoms. The molecule has 0 N–H and O–H groups in total. The van der Waals surface area contributed by atoms with Gasteiger partial charge in [0.15, 0.2) is 6.20 Å². The molecular weight excluding hydrogens is 185 g/mol. The number of aromatic nitrogens is 1. The van der Waals surface area contributed by atoms with Gasteiger partial charge >= 0.3 is 0 Å². The zero-order chi connectivity index (χ0) is 8.59. The van der Waals surface area contributed by atoms with Gasteiger partial charge in [0.05, 0.1) is 10.6 Å². The fraction of sp³-hybridized carbons (Fsp3) is 0.286. The van der Waals surface area contributed by atoms with Crippen molar-refractivity contribution in [2.24, 2.45) is 0 Å². The minimum absolute atomic E-state index is 0.139. The van der Waals surface area contributed by atoms with Gasteiger partial charge in [-0.05, 0) is 25.4 Å². The number of pyridine rings is 1. The highest BCUT2D eigenvalue weighted by Crippen LogP contribution is 2.22. The molecule has 0 unspecified atom stereocenters. The van der Waals surface area contributed by atoms with Crippen molar-refractivity contribution in [2.45, 2.75) is 13.8 Å². The van der Waals surface area contributed by atoms with E-state index in [1.807, 2.05) is 0 Å². The first kappa shape index (κ1) is 8.62. The van der Waals surface area contributed by atoms with Crippen molar-refractivity contribution in [3.8, 4) is 0 Å². The van der Waals surface area contributed by atoms with Crippen LogP contribution in [0.4, 0.5) is 0 Å². The largest absolute Gasteiger partial charge is 0.618 e. The van der Waals surface area contributed by atoms with Gasteiger partial charge in [-0.25, -0.2) is 0 Å². The average Bonchev–Trinajstić information content (AvgIpc) is 1.97. The molecule has 0 spiro atoms. The molecule has 2 nitrogen and oxygen atoms in total. The number of nitrogens with zero attached hydrogens (tertiary/aromatic N) is 1. The van der Waals surface area contributed by atoms with Crippen LogP contribution < -0.4 is 4.73 Å². The van der Waals surface area contributed by atoms with Crippen molar-refractivity contribution in [3.05, 3.63) is 32.7 Å². The standard InChI is InChI=1S/C7H7Cl2NO/c1-4-3-10(11)7(9)5(2)6(4)8/h3H,1-2H3. The van der Waals surface area contributed by atoms with E-state index in [-0.39, 0.29) is 5.15 Å². The Morgan fingerprint density at radius 2 is 1.91 bits per heavy atom. The number of halogens is 2. The predicted molar refractivity (Wildman–Crippen MR) is 44.9 cm³/mol. The van der Waals surface area contributed by atoms with Gasteiger partial charge in [0.2, 0.25) is 0 Å². The number of aryl methyl sites for hydroxylation is 1. The minimum atomic E-state index is 0.139. The van der Waals surface area contributed by atoms with Gasteiger partial charge in [0.1, 0.15) is 0 Å². The van der Waals surface area contributed by atoms with E-state index in [1.165, 1.54) is 6.20 Å². The summed E-state index contributed by atoms with van der Waals surface area (Å²) in [5.74, 6) is 0. The molecular formula is C7H7Cl2NO. The quantitative estimate of drug-likeness (QED) is 0.351. The minimum Gasteiger partial charge on any atom is -0.618 e. The van der Waals surface area contributed by atoms with Gasteiger partial charge in [-0.3, -0.25) is 0 Å². The van der Waals surface area contributed by atoms with Gasteiger partial charge in [-0.1, -0.05) is 11.6 Å². The predicted octanol–water partition coefficient (Wildman–Crippen LogP) is 2.24. The molecule has 0 saturated heterocycles. The van der Waals surface area contributed by atoms with Gasteiger partial charge in [0.25, 0.3) is 5.15 Å². The highest BCUT2D eigenvalue weighted by atomic mass is 35.5. The summed E-state index contributed by atoms with van der Waals surface area (Å²) in [5.41, 5.74) is 1.37. The Morgan fingerprint density at radius 1 is 1.36 bits per heavy atom. The summed E-state index contributed by atoms with van der Waals surface area (Å²) < 4.78 is 0.609. The normalized spacial score (nSPS) is 10.2. The zero-order valence-corrected chi connectivity index (χ0v) is 7.70. The van der Waals surface area contributed by atoms with E-state index in [1.54, 1.807) is 13.8 Å². The van der Waals surface area contributed by atoms with E-state index in [9.17, 15) is 5.21 Å². The van der Waals surface area contributed by atoms with E-state index in [2.05, 4.69) is 0 Å². The van der Waals surface area contributed by atoms with Gasteiger partial charge in [-0.15, -0.1) is 0 Å². The van der Waals surface area contributed by atoms with Crippen molar-refractivity contribution >= 4 is 23.2 Å². The fourth-order valence-corrected chi connectivity index (χ4v) is 1.17. The van der Waals surface area contributed by atoms with Crippen LogP contribution in [0.3, 0.4) is 0 Å². The SMILES string of the molecule is Cc1c[n+]([O-])c(Cl)c(C)c1Cl. The summed E-state index contributed by atoms with van der Waals surface area (Å²) in [5, 5.41) is 11.6. The second-order valence-electron chi connectivity index (χ2n) is 2.37. The lowest BCUT2D eigenvalue weighted by atomic mass is 10.2. The summed E-state index contributed by atoms with van der Waals surface area (Å²) in [4.78, 5) is 0. The summed E-state index contributed by atoms with van der Waals surface area (Å²) in [6.07, 6.45) is 1.36. The van der Waals surface area contributed by atoms with E-state index < -0.39 is 0 Å². The highest BCUT2D eigenvalue weighted by Gasteiger charge is 2.12. The molecule has 0 aliphatic rings. The third-order valence-corrected chi connectivity index (χ3v) is 2.52. The van der Waals surface area contributed by atoms with Crippen LogP contribution in [0.15, 0.2) is 6.20 Å². The van der Waals surface area contributed by atoms with E-state index in [4.69, 9.17) is 23.2 Å². The lowest BCUT2D eigenvalue weighted by molar-refractivity contribution is -0.603. The van der Waals surface area contributed by atoms with Gasteiger partial charge in [0, 0.05) is 5.56 Å². The van der Waals surface area contributed by atoms with Gasteiger partial charge in [-0.2, -0.15) is 4.73 Å². The average molecular weight is 192 g/mol. The van der Waals surface area contributed by atoms with Crippen molar-refractivity contribution in [3.63, 3.8) is 0 Å². The molecule has 0 aliphatic carbocycles. The second kappa shape index (κ2) is 2.88. The first-order valence-electron chi connectivity index (χ1n) is 3.08. The van der Waals surface area contributed by atoms with Crippen molar-refractivity contribution in [2.75, 3.05) is 0 Å². The van der Waals surface area contributed by atoms with E-state index >= 15 is 0 Å². The smallest absolute Gasteiger partial charge is 0.290 e. The third kappa shape index (κ3) is 1.42. The summed E-state index contributed by atoms with van der Waals surface area (Å²) in [6.45, 7) is 3.48. The zero-order valence-electron chi connectivity index (χ0n) is 6.19. The summed E-state index contributed by atoms with van der Waals surface area (Å²) in [6, 6.07) is 0. The maximum Gasteiger partial charge on any atom is 0.290 e. The van der Waals surface area contributed by atoms with Crippen molar-refractivity contribution in [1.82, 2.24) is 0 Å². The van der Waals surface area contributed by atoms with Gasteiger partial charge < -0.3 is 5.21 Å². The van der Waals surface area contributed by atoms with Crippen LogP contribution in [0.25, 0.3) is 0 Å². The Hall–Kier alpha value is -0.470. The van der Waals surface area contributed by atoms with Crippen molar-refractivity contribution < 1.29 is 4.73 Å². The highest BCUT2D eigenvalue weighted by molar-refractivity contribution is 6.35. The maximum absolute atomic E-state index is 10.9. The summed E-state index contributed by atoms with van der Waals surface area (Å²) in [7, 11) is 0. The molecule has 4 heteroatoms.